The van der Waals surface area contributed by atoms with Crippen LogP contribution in [0.4, 0.5) is 0 Å². The molecule has 0 aliphatic carbocycles. The van der Waals surface area contributed by atoms with Crippen LogP contribution in [0.25, 0.3) is 5.65 Å². The summed E-state index contributed by atoms with van der Waals surface area (Å²) in [7, 11) is 0. The zero-order chi connectivity index (χ0) is 15.1. The van der Waals surface area contributed by atoms with E-state index in [0.29, 0.717) is 30.0 Å². The predicted octanol–water partition coefficient (Wildman–Crippen LogP) is 1.11. The fraction of sp³-hybridized carbons (Fsp3) is 0.533. The molecule has 2 aromatic rings. The fourth-order valence-electron chi connectivity index (χ4n) is 3.00. The Morgan fingerprint density at radius 3 is 2.86 bits per heavy atom. The molecule has 6 heteroatoms. The Morgan fingerprint density at radius 2 is 2.19 bits per heavy atom. The molecule has 0 saturated carbocycles. The van der Waals surface area contributed by atoms with Crippen LogP contribution in [0.3, 0.4) is 0 Å². The van der Waals surface area contributed by atoms with Crippen molar-refractivity contribution < 1.29 is 9.90 Å². The van der Waals surface area contributed by atoms with E-state index in [9.17, 15) is 9.90 Å². The highest BCUT2D eigenvalue weighted by Crippen LogP contribution is 2.22. The number of carbonyl (C=O) groups is 1. The molecule has 0 aromatic carbocycles. The topological polar surface area (TPSA) is 70.7 Å². The van der Waals surface area contributed by atoms with Gasteiger partial charge in [-0.3, -0.25) is 4.79 Å². The molecule has 1 aliphatic rings. The quantitative estimate of drug-likeness (QED) is 0.898. The van der Waals surface area contributed by atoms with Crippen LogP contribution in [-0.4, -0.2) is 50.2 Å². The molecule has 2 aromatic heterocycles. The molecule has 1 amide bonds. The van der Waals surface area contributed by atoms with Crippen molar-refractivity contribution in [3.63, 3.8) is 0 Å². The lowest BCUT2D eigenvalue weighted by Crippen LogP contribution is -2.29. The van der Waals surface area contributed by atoms with Gasteiger partial charge in [-0.25, -0.2) is 9.50 Å². The minimum atomic E-state index is -0.0315. The van der Waals surface area contributed by atoms with Crippen LogP contribution in [0.1, 0.15) is 33.9 Å². The first-order chi connectivity index (χ1) is 10.0. The first-order valence-corrected chi connectivity index (χ1v) is 7.25. The standard InChI is InChI=1S/C15H20N4O2/c1-9-6-10(2)19-14(16-9)13(11(3)17-19)15(21)18-5-4-12(7-18)8-20/h6,12,20H,4-5,7-8H2,1-3H3. The lowest BCUT2D eigenvalue weighted by molar-refractivity contribution is 0.0783. The fourth-order valence-corrected chi connectivity index (χ4v) is 3.00. The number of aliphatic hydroxyl groups excluding tert-OH is 1. The number of nitrogens with zero attached hydrogens (tertiary/aromatic N) is 4. The number of aromatic nitrogens is 3. The van der Waals surface area contributed by atoms with Crippen LogP contribution >= 0.6 is 0 Å². The van der Waals surface area contributed by atoms with E-state index in [1.807, 2.05) is 26.8 Å². The summed E-state index contributed by atoms with van der Waals surface area (Å²) in [6.45, 7) is 7.15. The number of hydrogen-bond acceptors (Lipinski definition) is 4. The lowest BCUT2D eigenvalue weighted by atomic mass is 10.1. The Hall–Kier alpha value is -1.95. The number of aliphatic hydroxyl groups is 1. The molecule has 1 fully saturated rings. The van der Waals surface area contributed by atoms with Gasteiger partial charge in [0, 0.05) is 37.0 Å². The molecule has 6 nitrogen and oxygen atoms in total. The Kier molecular flexibility index (Phi) is 3.41. The maximum Gasteiger partial charge on any atom is 0.259 e. The van der Waals surface area contributed by atoms with Crippen molar-refractivity contribution in [2.75, 3.05) is 19.7 Å². The summed E-state index contributed by atoms with van der Waals surface area (Å²) in [6, 6.07) is 1.95. The van der Waals surface area contributed by atoms with Crippen LogP contribution in [0.5, 0.6) is 0 Å². The van der Waals surface area contributed by atoms with Crippen LogP contribution in [0.2, 0.25) is 0 Å². The molecule has 0 bridgehead atoms. The van der Waals surface area contributed by atoms with Gasteiger partial charge in [-0.05, 0) is 33.3 Å². The van der Waals surface area contributed by atoms with E-state index in [1.54, 1.807) is 9.42 Å². The van der Waals surface area contributed by atoms with Gasteiger partial charge in [-0.2, -0.15) is 5.10 Å². The molecule has 1 saturated heterocycles. The van der Waals surface area contributed by atoms with Gasteiger partial charge in [0.1, 0.15) is 5.56 Å². The second kappa shape index (κ2) is 5.11. The minimum Gasteiger partial charge on any atom is -0.396 e. The van der Waals surface area contributed by atoms with Crippen molar-refractivity contribution in [1.82, 2.24) is 19.5 Å². The van der Waals surface area contributed by atoms with Crippen molar-refractivity contribution >= 4 is 11.6 Å². The summed E-state index contributed by atoms with van der Waals surface area (Å²) in [5.74, 6) is 0.156. The summed E-state index contributed by atoms with van der Waals surface area (Å²) in [4.78, 5) is 19.1. The van der Waals surface area contributed by atoms with Gasteiger partial charge in [-0.15, -0.1) is 0 Å². The molecule has 1 unspecified atom stereocenters. The highest BCUT2D eigenvalue weighted by Gasteiger charge is 2.30. The van der Waals surface area contributed by atoms with Gasteiger partial charge in [0.25, 0.3) is 5.91 Å². The third-order valence-electron chi connectivity index (χ3n) is 4.12. The molecule has 112 valence electrons. The molecular weight excluding hydrogens is 268 g/mol. The third-order valence-corrected chi connectivity index (χ3v) is 4.12. The van der Waals surface area contributed by atoms with Crippen molar-refractivity contribution in [3.05, 3.63) is 28.7 Å². The van der Waals surface area contributed by atoms with Crippen molar-refractivity contribution in [2.45, 2.75) is 27.2 Å². The van der Waals surface area contributed by atoms with Crippen LogP contribution in [0, 0.1) is 26.7 Å². The smallest absolute Gasteiger partial charge is 0.259 e. The summed E-state index contributed by atoms with van der Waals surface area (Å²) in [5, 5.41) is 13.7. The number of aryl methyl sites for hydroxylation is 3. The lowest BCUT2D eigenvalue weighted by Gasteiger charge is -2.15. The van der Waals surface area contributed by atoms with Gasteiger partial charge in [0.15, 0.2) is 5.65 Å². The normalized spacial score (nSPS) is 18.7. The van der Waals surface area contributed by atoms with Crippen molar-refractivity contribution in [3.8, 4) is 0 Å². The molecule has 0 spiro atoms. The minimum absolute atomic E-state index is 0.0315. The van der Waals surface area contributed by atoms with E-state index in [1.165, 1.54) is 0 Å². The van der Waals surface area contributed by atoms with E-state index in [4.69, 9.17) is 0 Å². The highest BCUT2D eigenvalue weighted by molar-refractivity contribution is 6.01. The van der Waals surface area contributed by atoms with Gasteiger partial charge in [0.05, 0.1) is 5.69 Å². The largest absolute Gasteiger partial charge is 0.396 e. The molecule has 3 heterocycles. The van der Waals surface area contributed by atoms with Crippen LogP contribution in [-0.2, 0) is 0 Å². The summed E-state index contributed by atoms with van der Waals surface area (Å²) < 4.78 is 1.73. The maximum atomic E-state index is 12.8. The van der Waals surface area contributed by atoms with Gasteiger partial charge in [-0.1, -0.05) is 0 Å². The molecule has 1 aliphatic heterocycles. The van der Waals surface area contributed by atoms with E-state index < -0.39 is 0 Å². The zero-order valence-corrected chi connectivity index (χ0v) is 12.6. The number of amides is 1. The Balaban J connectivity index is 2.04. The number of rotatable bonds is 2. The monoisotopic (exact) mass is 288 g/mol. The highest BCUT2D eigenvalue weighted by atomic mass is 16.3. The van der Waals surface area contributed by atoms with E-state index in [-0.39, 0.29) is 18.4 Å². The van der Waals surface area contributed by atoms with Crippen LogP contribution < -0.4 is 0 Å². The second-order valence-corrected chi connectivity index (χ2v) is 5.82. The average molecular weight is 288 g/mol. The first-order valence-electron chi connectivity index (χ1n) is 7.25. The number of hydrogen-bond donors (Lipinski definition) is 1. The van der Waals surface area contributed by atoms with E-state index >= 15 is 0 Å². The summed E-state index contributed by atoms with van der Waals surface area (Å²) in [5.41, 5.74) is 3.76. The Labute approximate surface area is 123 Å². The van der Waals surface area contributed by atoms with E-state index in [2.05, 4.69) is 10.1 Å². The second-order valence-electron chi connectivity index (χ2n) is 5.82. The zero-order valence-electron chi connectivity index (χ0n) is 12.6. The van der Waals surface area contributed by atoms with Gasteiger partial charge < -0.3 is 10.0 Å². The van der Waals surface area contributed by atoms with E-state index in [0.717, 1.165) is 17.8 Å². The maximum absolute atomic E-state index is 12.8. The average Bonchev–Trinajstić information content (AvgIpc) is 3.02. The van der Waals surface area contributed by atoms with Crippen molar-refractivity contribution in [1.29, 1.82) is 0 Å². The first kappa shape index (κ1) is 14.0. The van der Waals surface area contributed by atoms with Gasteiger partial charge >= 0.3 is 0 Å². The number of likely N-dealkylation sites (tertiary alicyclic amines) is 1. The number of fused-ring (bicyclic) bond motifs is 1. The molecule has 0 radical (unpaired) electrons. The molecule has 3 rings (SSSR count). The molecular formula is C15H20N4O2. The molecule has 1 N–H and O–H groups in total. The van der Waals surface area contributed by atoms with Crippen LogP contribution in [0.15, 0.2) is 6.07 Å². The summed E-state index contributed by atoms with van der Waals surface area (Å²) >= 11 is 0. The molecule has 21 heavy (non-hydrogen) atoms. The Morgan fingerprint density at radius 1 is 1.43 bits per heavy atom. The predicted molar refractivity (Wildman–Crippen MR) is 78.3 cm³/mol. The summed E-state index contributed by atoms with van der Waals surface area (Å²) in [6.07, 6.45) is 0.853. The SMILES string of the molecule is Cc1cc(C)n2nc(C)c(C(=O)N3CCC(CO)C3)c2n1. The molecule has 1 atom stereocenters. The Bertz CT molecular complexity index is 707. The van der Waals surface area contributed by atoms with Crippen molar-refractivity contribution in [2.24, 2.45) is 5.92 Å². The number of carbonyl (C=O) groups excluding carboxylic acids is 1. The van der Waals surface area contributed by atoms with Gasteiger partial charge in [0.2, 0.25) is 0 Å². The third kappa shape index (κ3) is 2.29.